The molecule has 0 bridgehead atoms. The Morgan fingerprint density at radius 2 is 1.68 bits per heavy atom. The van der Waals surface area contributed by atoms with Crippen LogP contribution in [0.25, 0.3) is 0 Å². The van der Waals surface area contributed by atoms with E-state index in [1.165, 1.54) is 0 Å². The Labute approximate surface area is 121 Å². The van der Waals surface area contributed by atoms with Gasteiger partial charge in [-0.3, -0.25) is 4.79 Å². The van der Waals surface area contributed by atoms with Crippen LogP contribution in [0.4, 0.5) is 5.69 Å². The Hall–Kier alpha value is -1.81. The minimum absolute atomic E-state index is 0.0626. The summed E-state index contributed by atoms with van der Waals surface area (Å²) < 4.78 is 1.06. The summed E-state index contributed by atoms with van der Waals surface area (Å²) in [6, 6.07) is 15.6. The third-order valence-electron chi connectivity index (χ3n) is 2.78. The van der Waals surface area contributed by atoms with Crippen molar-refractivity contribution in [3.63, 3.8) is 0 Å². The van der Waals surface area contributed by atoms with Crippen LogP contribution in [0.1, 0.15) is 15.9 Å². The third kappa shape index (κ3) is 3.83. The standard InChI is InChI=1S/C15H15BrN2O/c1-17-15(19)12-4-2-11(3-5-12)10-18-14-8-6-13(16)7-9-14/h2-9,18H,10H2,1H3,(H,17,19). The summed E-state index contributed by atoms with van der Waals surface area (Å²) in [5.74, 6) is -0.0626. The number of benzene rings is 2. The van der Waals surface area contributed by atoms with Crippen molar-refractivity contribution < 1.29 is 4.79 Å². The van der Waals surface area contributed by atoms with Gasteiger partial charge in [-0.05, 0) is 42.0 Å². The van der Waals surface area contributed by atoms with E-state index in [9.17, 15) is 4.79 Å². The second kappa shape index (κ2) is 6.38. The monoisotopic (exact) mass is 318 g/mol. The number of hydrogen-bond acceptors (Lipinski definition) is 2. The van der Waals surface area contributed by atoms with Crippen LogP contribution >= 0.6 is 15.9 Å². The maximum Gasteiger partial charge on any atom is 0.251 e. The number of carbonyl (C=O) groups excluding carboxylic acids is 1. The van der Waals surface area contributed by atoms with Gasteiger partial charge in [0, 0.05) is 29.3 Å². The summed E-state index contributed by atoms with van der Waals surface area (Å²) in [7, 11) is 1.63. The molecule has 0 aliphatic carbocycles. The molecule has 98 valence electrons. The molecule has 0 unspecified atom stereocenters. The van der Waals surface area contributed by atoms with E-state index >= 15 is 0 Å². The fourth-order valence-corrected chi connectivity index (χ4v) is 1.95. The summed E-state index contributed by atoms with van der Waals surface area (Å²) in [6.45, 7) is 0.732. The molecular weight excluding hydrogens is 304 g/mol. The summed E-state index contributed by atoms with van der Waals surface area (Å²) in [5, 5.41) is 5.93. The number of hydrogen-bond donors (Lipinski definition) is 2. The number of nitrogens with one attached hydrogen (secondary N) is 2. The zero-order chi connectivity index (χ0) is 13.7. The van der Waals surface area contributed by atoms with Crippen LogP contribution in [0.3, 0.4) is 0 Å². The molecule has 0 fully saturated rings. The summed E-state index contributed by atoms with van der Waals surface area (Å²) in [5.41, 5.74) is 2.88. The van der Waals surface area contributed by atoms with Gasteiger partial charge >= 0.3 is 0 Å². The van der Waals surface area contributed by atoms with E-state index in [0.717, 1.165) is 22.3 Å². The van der Waals surface area contributed by atoms with Gasteiger partial charge in [-0.1, -0.05) is 28.1 Å². The Morgan fingerprint density at radius 1 is 1.05 bits per heavy atom. The number of halogens is 1. The summed E-state index contributed by atoms with van der Waals surface area (Å²) in [6.07, 6.45) is 0. The van der Waals surface area contributed by atoms with Crippen molar-refractivity contribution in [2.75, 3.05) is 12.4 Å². The lowest BCUT2D eigenvalue weighted by Crippen LogP contribution is -2.17. The van der Waals surface area contributed by atoms with Gasteiger partial charge in [-0.2, -0.15) is 0 Å². The normalized spacial score (nSPS) is 10.0. The first-order valence-electron chi connectivity index (χ1n) is 5.99. The minimum atomic E-state index is -0.0626. The molecule has 0 saturated carbocycles. The van der Waals surface area contributed by atoms with E-state index < -0.39 is 0 Å². The smallest absolute Gasteiger partial charge is 0.251 e. The summed E-state index contributed by atoms with van der Waals surface area (Å²) >= 11 is 3.40. The van der Waals surface area contributed by atoms with Crippen LogP contribution in [0.5, 0.6) is 0 Å². The second-order valence-electron chi connectivity index (χ2n) is 4.14. The molecule has 0 aliphatic rings. The number of anilines is 1. The fourth-order valence-electron chi connectivity index (χ4n) is 1.69. The predicted molar refractivity (Wildman–Crippen MR) is 81.3 cm³/mol. The van der Waals surface area contributed by atoms with Crippen molar-refractivity contribution in [2.24, 2.45) is 0 Å². The average molecular weight is 319 g/mol. The van der Waals surface area contributed by atoms with Gasteiger partial charge in [0.05, 0.1) is 0 Å². The molecule has 0 spiro atoms. The lowest BCUT2D eigenvalue weighted by atomic mass is 10.1. The first kappa shape index (κ1) is 13.6. The van der Waals surface area contributed by atoms with Crippen LogP contribution in [0.2, 0.25) is 0 Å². The molecule has 4 heteroatoms. The third-order valence-corrected chi connectivity index (χ3v) is 3.31. The molecule has 2 rings (SSSR count). The molecule has 0 atom stereocenters. The van der Waals surface area contributed by atoms with Crippen LogP contribution in [0, 0.1) is 0 Å². The first-order valence-corrected chi connectivity index (χ1v) is 6.79. The second-order valence-corrected chi connectivity index (χ2v) is 5.05. The van der Waals surface area contributed by atoms with Crippen LogP contribution in [0.15, 0.2) is 53.0 Å². The average Bonchev–Trinajstić information content (AvgIpc) is 2.46. The lowest BCUT2D eigenvalue weighted by Gasteiger charge is -2.07. The van der Waals surface area contributed by atoms with Crippen molar-refractivity contribution in [3.8, 4) is 0 Å². The molecule has 0 saturated heterocycles. The SMILES string of the molecule is CNC(=O)c1ccc(CNc2ccc(Br)cc2)cc1. The lowest BCUT2D eigenvalue weighted by molar-refractivity contribution is 0.0963. The van der Waals surface area contributed by atoms with Crippen molar-refractivity contribution >= 4 is 27.5 Å². The molecule has 1 amide bonds. The van der Waals surface area contributed by atoms with Gasteiger partial charge in [0.15, 0.2) is 0 Å². The van der Waals surface area contributed by atoms with Gasteiger partial charge in [0.2, 0.25) is 0 Å². The maximum atomic E-state index is 11.4. The van der Waals surface area contributed by atoms with Crippen LogP contribution in [-0.4, -0.2) is 13.0 Å². The van der Waals surface area contributed by atoms with Crippen molar-refractivity contribution in [2.45, 2.75) is 6.54 Å². The van der Waals surface area contributed by atoms with Gasteiger partial charge in [-0.25, -0.2) is 0 Å². The van der Waals surface area contributed by atoms with Gasteiger partial charge in [0.1, 0.15) is 0 Å². The molecule has 2 aromatic rings. The van der Waals surface area contributed by atoms with Crippen LogP contribution in [-0.2, 0) is 6.54 Å². The molecule has 0 heterocycles. The van der Waals surface area contributed by atoms with Crippen molar-refractivity contribution in [1.29, 1.82) is 0 Å². The highest BCUT2D eigenvalue weighted by Gasteiger charge is 2.02. The molecule has 19 heavy (non-hydrogen) atoms. The van der Waals surface area contributed by atoms with Gasteiger partial charge < -0.3 is 10.6 Å². The fraction of sp³-hybridized carbons (Fsp3) is 0.133. The topological polar surface area (TPSA) is 41.1 Å². The molecule has 2 aromatic carbocycles. The number of carbonyl (C=O) groups is 1. The molecule has 0 aromatic heterocycles. The highest BCUT2D eigenvalue weighted by Crippen LogP contribution is 2.15. The van der Waals surface area contributed by atoms with E-state index in [1.807, 2.05) is 48.5 Å². The zero-order valence-electron chi connectivity index (χ0n) is 10.6. The Morgan fingerprint density at radius 3 is 2.26 bits per heavy atom. The molecule has 3 nitrogen and oxygen atoms in total. The van der Waals surface area contributed by atoms with E-state index in [-0.39, 0.29) is 5.91 Å². The van der Waals surface area contributed by atoms with Crippen molar-refractivity contribution in [3.05, 3.63) is 64.1 Å². The Balaban J connectivity index is 1.96. The van der Waals surface area contributed by atoms with Crippen LogP contribution < -0.4 is 10.6 Å². The molecule has 2 N–H and O–H groups in total. The molecule has 0 radical (unpaired) electrons. The van der Waals surface area contributed by atoms with Gasteiger partial charge in [0.25, 0.3) is 5.91 Å². The van der Waals surface area contributed by atoms with Gasteiger partial charge in [-0.15, -0.1) is 0 Å². The largest absolute Gasteiger partial charge is 0.381 e. The Bertz CT molecular complexity index is 549. The summed E-state index contributed by atoms with van der Waals surface area (Å²) in [4.78, 5) is 11.4. The van der Waals surface area contributed by atoms with E-state index in [0.29, 0.717) is 5.56 Å². The zero-order valence-corrected chi connectivity index (χ0v) is 12.2. The van der Waals surface area contributed by atoms with E-state index in [4.69, 9.17) is 0 Å². The predicted octanol–water partition coefficient (Wildman–Crippen LogP) is 3.42. The van der Waals surface area contributed by atoms with E-state index in [2.05, 4.69) is 26.6 Å². The maximum absolute atomic E-state index is 11.4. The highest BCUT2D eigenvalue weighted by molar-refractivity contribution is 9.10. The minimum Gasteiger partial charge on any atom is -0.381 e. The molecule has 0 aliphatic heterocycles. The quantitative estimate of drug-likeness (QED) is 0.907. The highest BCUT2D eigenvalue weighted by atomic mass is 79.9. The number of rotatable bonds is 4. The number of amides is 1. The first-order chi connectivity index (χ1) is 9.19. The van der Waals surface area contributed by atoms with E-state index in [1.54, 1.807) is 7.05 Å². The molecular formula is C15H15BrN2O. The Kier molecular flexibility index (Phi) is 4.58. The van der Waals surface area contributed by atoms with Crippen molar-refractivity contribution in [1.82, 2.24) is 5.32 Å².